The van der Waals surface area contributed by atoms with E-state index in [0.29, 0.717) is 16.9 Å². The van der Waals surface area contributed by atoms with Gasteiger partial charge in [0.2, 0.25) is 0 Å². The van der Waals surface area contributed by atoms with Gasteiger partial charge in [0, 0.05) is 11.1 Å². The third kappa shape index (κ3) is 4.16. The minimum absolute atomic E-state index is 0.0902. The van der Waals surface area contributed by atoms with Crippen LogP contribution in [-0.4, -0.2) is 31.5 Å². The van der Waals surface area contributed by atoms with Crippen molar-refractivity contribution in [3.63, 3.8) is 0 Å². The van der Waals surface area contributed by atoms with Gasteiger partial charge in [-0.2, -0.15) is 0 Å². The predicted molar refractivity (Wildman–Crippen MR) is 126 cm³/mol. The van der Waals surface area contributed by atoms with E-state index in [-0.39, 0.29) is 12.3 Å². The average Bonchev–Trinajstić information content (AvgIpc) is 3.25. The molecular formula is C26H20N4O3. The fraction of sp³-hybridized carbons (Fsp3) is 0.0769. The molecule has 2 N–H and O–H groups in total. The molecule has 162 valence electrons. The van der Waals surface area contributed by atoms with Gasteiger partial charge in [0.25, 0.3) is 5.91 Å². The SMILES string of the molecule is O=C(O)CC(c1ccccc1)n1cnc2ccc(NC(=O)c3ccc4ccccc4n3)cc21. The number of hydrogen-bond donors (Lipinski definition) is 2. The van der Waals surface area contributed by atoms with Gasteiger partial charge in [-0.05, 0) is 35.9 Å². The summed E-state index contributed by atoms with van der Waals surface area (Å²) in [5, 5.41) is 13.3. The van der Waals surface area contributed by atoms with Crippen molar-refractivity contribution < 1.29 is 14.7 Å². The Bertz CT molecular complexity index is 1480. The second kappa shape index (κ2) is 8.55. The van der Waals surface area contributed by atoms with Crippen molar-refractivity contribution in [1.29, 1.82) is 0 Å². The molecule has 0 saturated carbocycles. The first-order valence-electron chi connectivity index (χ1n) is 10.5. The van der Waals surface area contributed by atoms with Gasteiger partial charge >= 0.3 is 5.97 Å². The van der Waals surface area contributed by atoms with E-state index in [4.69, 9.17) is 0 Å². The van der Waals surface area contributed by atoms with E-state index < -0.39 is 12.0 Å². The highest BCUT2D eigenvalue weighted by Crippen LogP contribution is 2.28. The third-order valence-corrected chi connectivity index (χ3v) is 5.55. The molecule has 1 atom stereocenters. The molecule has 0 aliphatic heterocycles. The second-order valence-corrected chi connectivity index (χ2v) is 7.72. The molecule has 3 aromatic carbocycles. The zero-order valence-electron chi connectivity index (χ0n) is 17.6. The van der Waals surface area contributed by atoms with Crippen LogP contribution in [0.1, 0.15) is 28.5 Å². The molecule has 7 nitrogen and oxygen atoms in total. The summed E-state index contributed by atoms with van der Waals surface area (Å²) < 4.78 is 1.84. The maximum Gasteiger partial charge on any atom is 0.305 e. The number of hydrogen-bond acceptors (Lipinski definition) is 4. The maximum atomic E-state index is 12.8. The largest absolute Gasteiger partial charge is 0.481 e. The van der Waals surface area contributed by atoms with Crippen LogP contribution >= 0.6 is 0 Å². The number of carboxylic acid groups (broad SMARTS) is 1. The number of fused-ring (bicyclic) bond motifs is 2. The number of para-hydroxylation sites is 1. The molecule has 0 fully saturated rings. The third-order valence-electron chi connectivity index (χ3n) is 5.55. The monoisotopic (exact) mass is 436 g/mol. The highest BCUT2D eigenvalue weighted by Gasteiger charge is 2.20. The standard InChI is InChI=1S/C26H20N4O3/c31-25(32)15-23(18-7-2-1-3-8-18)30-16-27-21-13-11-19(14-24(21)30)28-26(33)22-12-10-17-6-4-5-9-20(17)29-22/h1-14,16,23H,15H2,(H,28,33)(H,31,32). The van der Waals surface area contributed by atoms with E-state index in [0.717, 1.165) is 22.0 Å². The number of nitrogens with zero attached hydrogens (tertiary/aromatic N) is 3. The zero-order chi connectivity index (χ0) is 22.8. The molecule has 5 rings (SSSR count). The van der Waals surface area contributed by atoms with E-state index in [9.17, 15) is 14.7 Å². The molecule has 1 unspecified atom stereocenters. The zero-order valence-corrected chi connectivity index (χ0v) is 17.6. The normalized spacial score (nSPS) is 12.0. The number of pyridine rings is 1. The Labute approximate surface area is 189 Å². The molecule has 5 aromatic rings. The minimum atomic E-state index is -0.905. The topological polar surface area (TPSA) is 97.1 Å². The molecule has 1 amide bonds. The van der Waals surface area contributed by atoms with Crippen molar-refractivity contribution in [2.45, 2.75) is 12.5 Å². The van der Waals surface area contributed by atoms with Crippen LogP contribution in [0.15, 0.2) is 91.3 Å². The first-order chi connectivity index (χ1) is 16.1. The lowest BCUT2D eigenvalue weighted by Gasteiger charge is -2.18. The summed E-state index contributed by atoms with van der Waals surface area (Å²) in [6, 6.07) is 25.6. The van der Waals surface area contributed by atoms with E-state index in [1.165, 1.54) is 0 Å². The fourth-order valence-corrected chi connectivity index (χ4v) is 3.96. The van der Waals surface area contributed by atoms with Crippen LogP contribution in [0.25, 0.3) is 21.9 Å². The number of carbonyl (C=O) groups excluding carboxylic acids is 1. The van der Waals surface area contributed by atoms with E-state index in [2.05, 4.69) is 15.3 Å². The molecule has 0 spiro atoms. The molecule has 0 saturated heterocycles. The molecule has 0 aliphatic rings. The number of nitrogens with one attached hydrogen (secondary N) is 1. The Morgan fingerprint density at radius 2 is 1.70 bits per heavy atom. The van der Waals surface area contributed by atoms with Crippen LogP contribution in [0.5, 0.6) is 0 Å². The van der Waals surface area contributed by atoms with Crippen LogP contribution in [-0.2, 0) is 4.79 Å². The number of carboxylic acids is 1. The number of aromatic nitrogens is 3. The van der Waals surface area contributed by atoms with E-state index in [1.807, 2.05) is 65.2 Å². The van der Waals surface area contributed by atoms with Gasteiger partial charge in [0.1, 0.15) is 5.69 Å². The summed E-state index contributed by atoms with van der Waals surface area (Å²) in [5.74, 6) is -1.23. The van der Waals surface area contributed by atoms with Crippen molar-refractivity contribution in [1.82, 2.24) is 14.5 Å². The van der Waals surface area contributed by atoms with Crippen LogP contribution in [0.2, 0.25) is 0 Å². The molecule has 7 heteroatoms. The number of imidazole rings is 1. The van der Waals surface area contributed by atoms with Crippen LogP contribution < -0.4 is 5.32 Å². The molecule has 2 aromatic heterocycles. The Morgan fingerprint density at radius 3 is 2.52 bits per heavy atom. The molecule has 33 heavy (non-hydrogen) atoms. The van der Waals surface area contributed by atoms with Gasteiger partial charge in [-0.25, -0.2) is 9.97 Å². The van der Waals surface area contributed by atoms with Gasteiger partial charge in [-0.3, -0.25) is 9.59 Å². The van der Waals surface area contributed by atoms with Crippen LogP contribution in [0, 0.1) is 0 Å². The first-order valence-corrected chi connectivity index (χ1v) is 10.5. The Kier molecular flexibility index (Phi) is 5.28. The number of rotatable bonds is 6. The summed E-state index contributed by atoms with van der Waals surface area (Å²) in [6.45, 7) is 0. The van der Waals surface area contributed by atoms with Crippen LogP contribution in [0.4, 0.5) is 5.69 Å². The lowest BCUT2D eigenvalue weighted by Crippen LogP contribution is -2.15. The summed E-state index contributed by atoms with van der Waals surface area (Å²) in [4.78, 5) is 33.3. The smallest absolute Gasteiger partial charge is 0.305 e. The number of aliphatic carboxylic acids is 1. The van der Waals surface area contributed by atoms with Crippen LogP contribution in [0.3, 0.4) is 0 Å². The number of anilines is 1. The van der Waals surface area contributed by atoms with Crippen molar-refractivity contribution in [2.24, 2.45) is 0 Å². The molecular weight excluding hydrogens is 416 g/mol. The molecule has 0 radical (unpaired) electrons. The van der Waals surface area contributed by atoms with E-state index in [1.54, 1.807) is 30.6 Å². The summed E-state index contributed by atoms with van der Waals surface area (Å²) >= 11 is 0. The van der Waals surface area contributed by atoms with Crippen molar-refractivity contribution in [3.8, 4) is 0 Å². The molecule has 2 heterocycles. The lowest BCUT2D eigenvalue weighted by molar-refractivity contribution is -0.137. The van der Waals surface area contributed by atoms with Gasteiger partial charge in [0.15, 0.2) is 0 Å². The quantitative estimate of drug-likeness (QED) is 0.395. The number of carbonyl (C=O) groups is 2. The average molecular weight is 436 g/mol. The second-order valence-electron chi connectivity index (χ2n) is 7.72. The first kappa shape index (κ1) is 20.4. The molecule has 0 bridgehead atoms. The highest BCUT2D eigenvalue weighted by molar-refractivity contribution is 6.04. The van der Waals surface area contributed by atoms with Crippen molar-refractivity contribution >= 4 is 39.5 Å². The van der Waals surface area contributed by atoms with Crippen molar-refractivity contribution in [2.75, 3.05) is 5.32 Å². The van der Waals surface area contributed by atoms with Gasteiger partial charge < -0.3 is 15.0 Å². The lowest BCUT2D eigenvalue weighted by atomic mass is 10.0. The Balaban J connectivity index is 1.48. The minimum Gasteiger partial charge on any atom is -0.481 e. The summed E-state index contributed by atoms with van der Waals surface area (Å²) in [5.41, 5.74) is 3.95. The summed E-state index contributed by atoms with van der Waals surface area (Å²) in [6.07, 6.45) is 1.55. The number of benzene rings is 3. The van der Waals surface area contributed by atoms with E-state index >= 15 is 0 Å². The predicted octanol–water partition coefficient (Wildman–Crippen LogP) is 4.90. The number of amides is 1. The van der Waals surface area contributed by atoms with Gasteiger partial charge in [-0.15, -0.1) is 0 Å². The van der Waals surface area contributed by atoms with Gasteiger partial charge in [-0.1, -0.05) is 54.6 Å². The maximum absolute atomic E-state index is 12.8. The van der Waals surface area contributed by atoms with Crippen molar-refractivity contribution in [3.05, 3.63) is 103 Å². The van der Waals surface area contributed by atoms with Gasteiger partial charge in [0.05, 0.1) is 35.3 Å². The molecule has 0 aliphatic carbocycles. The fourth-order valence-electron chi connectivity index (χ4n) is 3.96. The Hall–Kier alpha value is -4.52. The Morgan fingerprint density at radius 1 is 0.909 bits per heavy atom. The highest BCUT2D eigenvalue weighted by atomic mass is 16.4. The summed E-state index contributed by atoms with van der Waals surface area (Å²) in [7, 11) is 0.